The summed E-state index contributed by atoms with van der Waals surface area (Å²) in [7, 11) is 0. The van der Waals surface area contributed by atoms with Crippen LogP contribution in [0.3, 0.4) is 0 Å². The van der Waals surface area contributed by atoms with Crippen molar-refractivity contribution in [1.82, 2.24) is 39.9 Å². The van der Waals surface area contributed by atoms with Gasteiger partial charge in [0.05, 0.1) is 0 Å². The molecule has 0 amide bonds. The van der Waals surface area contributed by atoms with Gasteiger partial charge < -0.3 is 28.9 Å². The summed E-state index contributed by atoms with van der Waals surface area (Å²) in [5, 5.41) is 3.13. The third kappa shape index (κ3) is 8.06. The third-order valence-corrected chi connectivity index (χ3v) is 12.6. The highest BCUT2D eigenvalue weighted by Gasteiger charge is 2.24. The van der Waals surface area contributed by atoms with E-state index in [2.05, 4.69) is 9.97 Å². The molecule has 0 saturated heterocycles. The van der Waals surface area contributed by atoms with Crippen LogP contribution in [-0.4, -0.2) is 39.9 Å². The summed E-state index contributed by atoms with van der Waals surface area (Å²) < 4.78 is 25.7. The summed E-state index contributed by atoms with van der Waals surface area (Å²) in [4.78, 5) is 38.7. The zero-order chi connectivity index (χ0) is 48.5. The van der Waals surface area contributed by atoms with E-state index in [1.807, 2.05) is 198 Å². The van der Waals surface area contributed by atoms with Gasteiger partial charge in [0.1, 0.15) is 68.6 Å². The van der Waals surface area contributed by atoms with Gasteiger partial charge in [0.2, 0.25) is 0 Å². The van der Waals surface area contributed by atoms with Crippen LogP contribution in [0, 0.1) is 27.7 Å². The van der Waals surface area contributed by atoms with Crippen LogP contribution in [0.1, 0.15) is 22.3 Å². The average Bonchev–Trinajstić information content (AvgIpc) is 4.09. The normalized spacial score (nSPS) is 11.6. The van der Waals surface area contributed by atoms with Crippen LogP contribution in [0.15, 0.2) is 170 Å². The standard InChI is InChI=1S/C60H42N8O4/c1-33-9-5-13-37(25-33)69-41-17-21-45-49(29-41)57-61-53(45)66-58-51-31-43(71-39-15-7-11-35(3)27-39)19-23-47(51)55(63-58)68-60-52-32-44(72-40-16-8-12-36(4)28-40)20-24-48(52)56(64-60)67-59-50-30-42(18-22-46(50)54(62-59)65-57)70-38-14-6-10-34(2)26-38/h5-32H,1-4H3,(H2,61,62,63,64,65,66,67,68). The number of nitrogens with one attached hydrogen (secondary N) is 2. The molecule has 11 aromatic rings. The number of fused-ring (bicyclic) bond motifs is 20. The maximum atomic E-state index is 6.44. The number of nitrogens with zero attached hydrogens (tertiary/aromatic N) is 6. The Labute approximate surface area is 412 Å². The lowest BCUT2D eigenvalue weighted by molar-refractivity contribution is 0.482. The number of H-pyrrole nitrogens is 2. The van der Waals surface area contributed by atoms with E-state index in [0.29, 0.717) is 68.9 Å². The van der Waals surface area contributed by atoms with Crippen molar-refractivity contribution in [1.29, 1.82) is 0 Å². The van der Waals surface area contributed by atoms with Gasteiger partial charge in [0, 0.05) is 43.8 Å². The molecule has 0 spiro atoms. The molecule has 3 aromatic heterocycles. The fourth-order valence-corrected chi connectivity index (χ4v) is 9.22. The maximum absolute atomic E-state index is 6.44. The van der Waals surface area contributed by atoms with Gasteiger partial charge in [-0.15, -0.1) is 0 Å². The second-order valence-electron chi connectivity index (χ2n) is 18.1. The first-order valence-electron chi connectivity index (χ1n) is 23.6. The topological polar surface area (TPSA) is 146 Å². The zero-order valence-electron chi connectivity index (χ0n) is 39.5. The first-order chi connectivity index (χ1) is 35.2. The highest BCUT2D eigenvalue weighted by atomic mass is 16.5. The van der Waals surface area contributed by atoms with Crippen LogP contribution in [0.2, 0.25) is 0 Å². The summed E-state index contributed by atoms with van der Waals surface area (Å²) in [6.07, 6.45) is 0. The first-order valence-corrected chi connectivity index (χ1v) is 23.6. The Morgan fingerprint density at radius 3 is 0.903 bits per heavy atom. The molecule has 13 rings (SSSR count). The molecule has 5 heterocycles. The Bertz CT molecular complexity index is 3930. The van der Waals surface area contributed by atoms with E-state index >= 15 is 0 Å². The molecule has 0 aliphatic carbocycles. The lowest BCUT2D eigenvalue weighted by atomic mass is 10.1. The molecule has 8 aromatic carbocycles. The molecular formula is C60H42N8O4. The Balaban J connectivity index is 1.07. The van der Waals surface area contributed by atoms with Crippen LogP contribution in [-0.2, 0) is 0 Å². The summed E-state index contributed by atoms with van der Waals surface area (Å²) in [5.74, 6) is 7.17. The number of hydrogen-bond acceptors (Lipinski definition) is 10. The fraction of sp³-hybridized carbons (Fsp3) is 0.0667. The molecule has 346 valence electrons. The van der Waals surface area contributed by atoms with Gasteiger partial charge in [-0.05, 0) is 171 Å². The molecule has 0 radical (unpaired) electrons. The number of aryl methyl sites for hydroxylation is 4. The third-order valence-electron chi connectivity index (χ3n) is 12.6. The molecule has 0 unspecified atom stereocenters. The average molecular weight is 939 g/mol. The van der Waals surface area contributed by atoms with Crippen LogP contribution in [0.5, 0.6) is 46.0 Å². The molecule has 12 nitrogen and oxygen atoms in total. The molecule has 0 fully saturated rings. The Hall–Kier alpha value is -9.68. The number of rotatable bonds is 8. The monoisotopic (exact) mass is 938 g/mol. The lowest BCUT2D eigenvalue weighted by Gasteiger charge is -2.08. The van der Waals surface area contributed by atoms with Crippen molar-refractivity contribution in [3.8, 4) is 91.5 Å². The predicted octanol–water partition coefficient (Wildman–Crippen LogP) is 15.3. The van der Waals surface area contributed by atoms with E-state index in [9.17, 15) is 0 Å². The quantitative estimate of drug-likeness (QED) is 0.151. The Morgan fingerprint density at radius 1 is 0.264 bits per heavy atom. The Morgan fingerprint density at radius 2 is 0.556 bits per heavy atom. The smallest absolute Gasteiger partial charge is 0.164 e. The molecular weight excluding hydrogens is 897 g/mol. The summed E-state index contributed by atoms with van der Waals surface area (Å²) >= 11 is 0. The Kier molecular flexibility index (Phi) is 10.1. The van der Waals surface area contributed by atoms with Crippen molar-refractivity contribution in [2.75, 3.05) is 0 Å². The van der Waals surface area contributed by atoms with E-state index in [1.165, 1.54) is 0 Å². The van der Waals surface area contributed by atoms with Gasteiger partial charge in [-0.2, -0.15) is 0 Å². The number of aromatic amines is 2. The van der Waals surface area contributed by atoms with Crippen LogP contribution in [0.4, 0.5) is 0 Å². The van der Waals surface area contributed by atoms with Crippen molar-refractivity contribution in [2.24, 2.45) is 0 Å². The van der Waals surface area contributed by atoms with Crippen molar-refractivity contribution in [3.05, 3.63) is 192 Å². The second kappa shape index (κ2) is 17.1. The molecule has 8 bridgehead atoms. The number of benzene rings is 8. The van der Waals surface area contributed by atoms with Gasteiger partial charge in [-0.3, -0.25) is 0 Å². The summed E-state index contributed by atoms with van der Waals surface area (Å²) in [5.41, 5.74) is 9.50. The first kappa shape index (κ1) is 42.4. The van der Waals surface area contributed by atoms with Crippen LogP contribution >= 0.6 is 0 Å². The number of ether oxygens (including phenoxy) is 4. The van der Waals surface area contributed by atoms with Gasteiger partial charge in [-0.1, -0.05) is 48.5 Å². The van der Waals surface area contributed by atoms with E-state index in [4.69, 9.17) is 48.9 Å². The van der Waals surface area contributed by atoms with E-state index in [1.54, 1.807) is 0 Å². The number of hydrogen-bond donors (Lipinski definition) is 2. The molecule has 12 heteroatoms. The minimum atomic E-state index is 0.435. The van der Waals surface area contributed by atoms with Gasteiger partial charge in [0.25, 0.3) is 0 Å². The van der Waals surface area contributed by atoms with Gasteiger partial charge >= 0.3 is 0 Å². The molecule has 0 saturated carbocycles. The van der Waals surface area contributed by atoms with Crippen LogP contribution < -0.4 is 18.9 Å². The predicted molar refractivity (Wildman–Crippen MR) is 281 cm³/mol. The summed E-state index contributed by atoms with van der Waals surface area (Å²) in [6.45, 7) is 8.15. The van der Waals surface area contributed by atoms with E-state index in [-0.39, 0.29) is 0 Å². The maximum Gasteiger partial charge on any atom is 0.164 e. The molecule has 72 heavy (non-hydrogen) atoms. The minimum Gasteiger partial charge on any atom is -0.457 e. The van der Waals surface area contributed by atoms with Crippen molar-refractivity contribution < 1.29 is 18.9 Å². The van der Waals surface area contributed by atoms with Gasteiger partial charge in [-0.25, -0.2) is 29.9 Å². The van der Waals surface area contributed by atoms with Crippen molar-refractivity contribution in [3.63, 3.8) is 0 Å². The fourth-order valence-electron chi connectivity index (χ4n) is 9.22. The van der Waals surface area contributed by atoms with Crippen molar-refractivity contribution >= 4 is 44.1 Å². The molecule has 2 N–H and O–H groups in total. The van der Waals surface area contributed by atoms with Gasteiger partial charge in [0.15, 0.2) is 23.3 Å². The highest BCUT2D eigenvalue weighted by Crippen LogP contribution is 2.42. The van der Waals surface area contributed by atoms with Crippen LogP contribution in [0.25, 0.3) is 89.7 Å². The SMILES string of the molecule is Cc1cccc(Oc2ccc3c(c2)-c2nc-3nc3[nH]c(nc4nc(nc5[nH]c(n2)c2ccc(Oc6cccc(C)c6)cc52)-c2ccc(Oc5cccc(C)c5)cc2-4)c2ccc(Oc4cccc(C)c4)cc32)c1. The number of aromatic nitrogens is 8. The molecule has 2 aliphatic heterocycles. The summed E-state index contributed by atoms with van der Waals surface area (Å²) in [6, 6.07) is 55.3. The zero-order valence-corrected chi connectivity index (χ0v) is 39.5. The largest absolute Gasteiger partial charge is 0.457 e. The van der Waals surface area contributed by atoms with Crippen molar-refractivity contribution in [2.45, 2.75) is 27.7 Å². The second-order valence-corrected chi connectivity index (χ2v) is 18.1. The lowest BCUT2D eigenvalue weighted by Crippen LogP contribution is -1.88. The molecule has 2 aliphatic rings. The van der Waals surface area contributed by atoms with E-state index < -0.39 is 0 Å². The molecule has 0 atom stereocenters. The minimum absolute atomic E-state index is 0.435. The van der Waals surface area contributed by atoms with E-state index in [0.717, 1.165) is 89.1 Å². The highest BCUT2D eigenvalue weighted by molar-refractivity contribution is 6.07.